The van der Waals surface area contributed by atoms with E-state index in [-0.39, 0.29) is 11.4 Å². The molecular weight excluding hydrogens is 281 g/mol. The zero-order valence-electron chi connectivity index (χ0n) is 10.4. The number of benzene rings is 1. The van der Waals surface area contributed by atoms with E-state index in [1.165, 1.54) is 6.07 Å². The summed E-state index contributed by atoms with van der Waals surface area (Å²) in [6.45, 7) is 4.47. The van der Waals surface area contributed by atoms with Gasteiger partial charge in [0.1, 0.15) is 5.82 Å². The third kappa shape index (κ3) is 3.08. The first-order chi connectivity index (χ1) is 7.80. The quantitative estimate of drug-likeness (QED) is 0.876. The number of hydrogen-bond acceptors (Lipinski definition) is 1. The highest BCUT2D eigenvalue weighted by atomic mass is 79.9. The molecule has 1 fully saturated rings. The van der Waals surface area contributed by atoms with Gasteiger partial charge in [0.05, 0.1) is 0 Å². The van der Waals surface area contributed by atoms with Gasteiger partial charge in [-0.3, -0.25) is 0 Å². The lowest BCUT2D eigenvalue weighted by molar-refractivity contribution is 0.332. The average Bonchev–Trinajstić information content (AvgIpc) is 2.46. The molecule has 94 valence electrons. The Hall–Kier alpha value is -0.410. The molecule has 1 aliphatic carbocycles. The van der Waals surface area contributed by atoms with Crippen LogP contribution < -0.4 is 5.73 Å². The molecule has 17 heavy (non-hydrogen) atoms. The Morgan fingerprint density at radius 2 is 2.06 bits per heavy atom. The van der Waals surface area contributed by atoms with Crippen LogP contribution in [0.5, 0.6) is 0 Å². The monoisotopic (exact) mass is 299 g/mol. The first-order valence-corrected chi connectivity index (χ1v) is 6.82. The Bertz CT molecular complexity index is 430. The lowest BCUT2D eigenvalue weighted by Gasteiger charge is -2.26. The number of halogens is 2. The normalized spacial score (nSPS) is 27.4. The average molecular weight is 300 g/mol. The third-order valence-electron chi connectivity index (χ3n) is 3.69. The van der Waals surface area contributed by atoms with Crippen LogP contribution in [0.4, 0.5) is 4.39 Å². The summed E-state index contributed by atoms with van der Waals surface area (Å²) in [5.41, 5.74) is 7.18. The van der Waals surface area contributed by atoms with Crippen molar-refractivity contribution in [1.29, 1.82) is 0 Å². The molecule has 1 nitrogen and oxygen atoms in total. The predicted octanol–water partition coefficient (Wildman–Crippen LogP) is 4.04. The van der Waals surface area contributed by atoms with E-state index in [0.717, 1.165) is 29.3 Å². The number of rotatable bonds is 2. The summed E-state index contributed by atoms with van der Waals surface area (Å²) in [6.07, 6.45) is 3.71. The van der Waals surface area contributed by atoms with Crippen molar-refractivity contribution in [2.45, 2.75) is 45.1 Å². The zero-order chi connectivity index (χ0) is 12.7. The maximum absolute atomic E-state index is 13.8. The minimum atomic E-state index is -0.238. The summed E-state index contributed by atoms with van der Waals surface area (Å²) in [4.78, 5) is 0. The van der Waals surface area contributed by atoms with Gasteiger partial charge in [0, 0.05) is 10.0 Å². The van der Waals surface area contributed by atoms with Gasteiger partial charge in [-0.15, -0.1) is 0 Å². The Morgan fingerprint density at radius 1 is 1.35 bits per heavy atom. The molecule has 1 atom stereocenters. The van der Waals surface area contributed by atoms with Crippen LogP contribution in [0.1, 0.15) is 38.7 Å². The van der Waals surface area contributed by atoms with Crippen LogP contribution in [0.3, 0.4) is 0 Å². The third-order valence-corrected chi connectivity index (χ3v) is 4.18. The predicted molar refractivity (Wildman–Crippen MR) is 72.4 cm³/mol. The van der Waals surface area contributed by atoms with E-state index in [1.807, 2.05) is 12.1 Å². The van der Waals surface area contributed by atoms with Crippen LogP contribution in [-0.2, 0) is 6.42 Å². The van der Waals surface area contributed by atoms with E-state index in [2.05, 4.69) is 29.8 Å². The Morgan fingerprint density at radius 3 is 2.59 bits per heavy atom. The second-order valence-corrected chi connectivity index (χ2v) is 7.03. The molecule has 0 saturated heterocycles. The van der Waals surface area contributed by atoms with Gasteiger partial charge in [0.15, 0.2) is 0 Å². The SMILES string of the molecule is CC1(C)CCC(N)(Cc2ccc(Br)cc2F)C1. The van der Waals surface area contributed by atoms with Crippen LogP contribution >= 0.6 is 15.9 Å². The van der Waals surface area contributed by atoms with Crippen molar-refractivity contribution in [1.82, 2.24) is 0 Å². The van der Waals surface area contributed by atoms with Crippen LogP contribution in [0.25, 0.3) is 0 Å². The molecule has 2 rings (SSSR count). The fourth-order valence-corrected chi connectivity index (χ4v) is 3.25. The van der Waals surface area contributed by atoms with Crippen LogP contribution in [0.15, 0.2) is 22.7 Å². The summed E-state index contributed by atoms with van der Waals surface area (Å²) in [5.74, 6) is -0.158. The molecule has 0 aromatic heterocycles. The molecule has 3 heteroatoms. The lowest BCUT2D eigenvalue weighted by Crippen LogP contribution is -2.40. The van der Waals surface area contributed by atoms with Crippen molar-refractivity contribution in [2.75, 3.05) is 0 Å². The lowest BCUT2D eigenvalue weighted by atomic mass is 9.85. The van der Waals surface area contributed by atoms with E-state index in [4.69, 9.17) is 5.73 Å². The van der Waals surface area contributed by atoms with Gasteiger partial charge in [-0.1, -0.05) is 35.8 Å². The van der Waals surface area contributed by atoms with Gasteiger partial charge in [-0.05, 0) is 48.8 Å². The van der Waals surface area contributed by atoms with Gasteiger partial charge in [-0.25, -0.2) is 4.39 Å². The molecule has 1 unspecified atom stereocenters. The molecular formula is C14H19BrFN. The van der Waals surface area contributed by atoms with Gasteiger partial charge in [-0.2, -0.15) is 0 Å². The molecule has 1 aliphatic rings. The first-order valence-electron chi connectivity index (χ1n) is 6.03. The largest absolute Gasteiger partial charge is 0.325 e. The molecule has 0 spiro atoms. The minimum absolute atomic E-state index is 0.158. The molecule has 2 N–H and O–H groups in total. The van der Waals surface area contributed by atoms with Crippen LogP contribution in [0, 0.1) is 11.2 Å². The maximum atomic E-state index is 13.8. The maximum Gasteiger partial charge on any atom is 0.127 e. The second-order valence-electron chi connectivity index (χ2n) is 6.12. The zero-order valence-corrected chi connectivity index (χ0v) is 12.0. The van der Waals surface area contributed by atoms with E-state index >= 15 is 0 Å². The fourth-order valence-electron chi connectivity index (χ4n) is 2.91. The Balaban J connectivity index is 2.16. The van der Waals surface area contributed by atoms with E-state index < -0.39 is 0 Å². The van der Waals surface area contributed by atoms with Crippen molar-refractivity contribution in [2.24, 2.45) is 11.1 Å². The summed E-state index contributed by atoms with van der Waals surface area (Å²) in [6, 6.07) is 5.22. The molecule has 0 amide bonds. The standard InChI is InChI=1S/C14H19BrFN/c1-13(2)5-6-14(17,9-13)8-10-3-4-11(15)7-12(10)16/h3-4,7H,5-6,8-9,17H2,1-2H3. The topological polar surface area (TPSA) is 26.0 Å². The highest BCUT2D eigenvalue weighted by Gasteiger charge is 2.40. The Labute approximate surface area is 111 Å². The molecule has 1 aromatic rings. The summed E-state index contributed by atoms with van der Waals surface area (Å²) in [7, 11) is 0. The van der Waals surface area contributed by atoms with Gasteiger partial charge >= 0.3 is 0 Å². The van der Waals surface area contributed by atoms with Crippen molar-refractivity contribution < 1.29 is 4.39 Å². The van der Waals surface area contributed by atoms with E-state index in [9.17, 15) is 4.39 Å². The molecule has 1 aromatic carbocycles. The van der Waals surface area contributed by atoms with Crippen molar-refractivity contribution in [3.63, 3.8) is 0 Å². The fraction of sp³-hybridized carbons (Fsp3) is 0.571. The second kappa shape index (κ2) is 4.36. The van der Waals surface area contributed by atoms with Gasteiger partial charge < -0.3 is 5.73 Å². The van der Waals surface area contributed by atoms with Crippen LogP contribution in [-0.4, -0.2) is 5.54 Å². The van der Waals surface area contributed by atoms with Crippen molar-refractivity contribution in [3.05, 3.63) is 34.1 Å². The van der Waals surface area contributed by atoms with Crippen molar-refractivity contribution in [3.8, 4) is 0 Å². The summed E-state index contributed by atoms with van der Waals surface area (Å²) in [5, 5.41) is 0. The van der Waals surface area contributed by atoms with Gasteiger partial charge in [0.25, 0.3) is 0 Å². The molecule has 0 heterocycles. The summed E-state index contributed by atoms with van der Waals surface area (Å²) >= 11 is 3.27. The van der Waals surface area contributed by atoms with E-state index in [0.29, 0.717) is 11.8 Å². The van der Waals surface area contributed by atoms with E-state index in [1.54, 1.807) is 0 Å². The molecule has 0 radical (unpaired) electrons. The van der Waals surface area contributed by atoms with Gasteiger partial charge in [0.2, 0.25) is 0 Å². The van der Waals surface area contributed by atoms with Crippen molar-refractivity contribution >= 4 is 15.9 Å². The summed E-state index contributed by atoms with van der Waals surface area (Å²) < 4.78 is 14.6. The minimum Gasteiger partial charge on any atom is -0.325 e. The molecule has 0 aliphatic heterocycles. The Kier molecular flexibility index (Phi) is 3.34. The smallest absolute Gasteiger partial charge is 0.127 e. The highest BCUT2D eigenvalue weighted by Crippen LogP contribution is 2.43. The number of hydrogen-bond donors (Lipinski definition) is 1. The first kappa shape index (κ1) is 13.0. The highest BCUT2D eigenvalue weighted by molar-refractivity contribution is 9.10. The molecule has 1 saturated carbocycles. The van der Waals surface area contributed by atoms with Crippen LogP contribution in [0.2, 0.25) is 0 Å². The molecule has 0 bridgehead atoms. The number of nitrogens with two attached hydrogens (primary N) is 1.